The fourth-order valence-corrected chi connectivity index (χ4v) is 6.08. The molecule has 0 saturated carbocycles. The highest BCUT2D eigenvalue weighted by molar-refractivity contribution is 6.10. The highest BCUT2D eigenvalue weighted by atomic mass is 16.2. The zero-order valence-corrected chi connectivity index (χ0v) is 27.1. The smallest absolute Gasteiger partial charge is 0.258 e. The molecular weight excluding hydrogens is 566 g/mol. The summed E-state index contributed by atoms with van der Waals surface area (Å²) in [5, 5.41) is 3.12. The van der Waals surface area contributed by atoms with Crippen LogP contribution in [0.2, 0.25) is 0 Å². The quantitative estimate of drug-likeness (QED) is 0.120. The maximum atomic E-state index is 13.8. The average Bonchev–Trinajstić information content (AvgIpc) is 3.48. The maximum Gasteiger partial charge on any atom is 0.258 e. The lowest BCUT2D eigenvalue weighted by molar-refractivity contribution is -0.132. The van der Waals surface area contributed by atoms with Crippen LogP contribution in [-0.4, -0.2) is 21.3 Å². The molecule has 5 nitrogen and oxygen atoms in total. The Labute approximate surface area is 273 Å². The van der Waals surface area contributed by atoms with Crippen molar-refractivity contribution >= 4 is 17.5 Å². The summed E-state index contributed by atoms with van der Waals surface area (Å²) in [4.78, 5) is 29.1. The Balaban J connectivity index is 1.21. The van der Waals surface area contributed by atoms with E-state index in [1.54, 1.807) is 0 Å². The number of nitrogens with one attached hydrogen (secondary N) is 1. The number of anilines is 1. The van der Waals surface area contributed by atoms with Gasteiger partial charge in [-0.2, -0.15) is 0 Å². The second-order valence-electron chi connectivity index (χ2n) is 12.2. The molecule has 0 aliphatic rings. The van der Waals surface area contributed by atoms with E-state index in [0.717, 1.165) is 71.4 Å². The summed E-state index contributed by atoms with van der Waals surface area (Å²) in [6.45, 7) is 6.37. The van der Waals surface area contributed by atoms with E-state index in [1.807, 2.05) is 89.8 Å². The minimum Gasteiger partial charge on any atom is -0.350 e. The van der Waals surface area contributed by atoms with Crippen LogP contribution in [0.4, 0.5) is 5.69 Å². The second-order valence-corrected chi connectivity index (χ2v) is 12.2. The predicted molar refractivity (Wildman–Crippen MR) is 189 cm³/mol. The van der Waals surface area contributed by atoms with Gasteiger partial charge in [-0.25, -0.2) is 0 Å². The molecule has 0 bridgehead atoms. The van der Waals surface area contributed by atoms with E-state index in [1.165, 1.54) is 0 Å². The molecule has 0 aliphatic carbocycles. The molecule has 0 unspecified atom stereocenters. The number of carbonyl (C=O) groups is 2. The van der Waals surface area contributed by atoms with Crippen molar-refractivity contribution in [3.05, 3.63) is 150 Å². The topological polar surface area (TPSA) is 54.3 Å². The van der Waals surface area contributed by atoms with E-state index in [2.05, 4.69) is 66.3 Å². The van der Waals surface area contributed by atoms with E-state index in [-0.39, 0.29) is 17.7 Å². The maximum absolute atomic E-state index is 13.8. The number of amides is 2. The molecule has 1 N–H and O–H groups in total. The van der Waals surface area contributed by atoms with Crippen LogP contribution < -0.4 is 5.32 Å². The second kappa shape index (κ2) is 16.4. The molecule has 5 rings (SSSR count). The number of benzene rings is 4. The van der Waals surface area contributed by atoms with E-state index in [4.69, 9.17) is 0 Å². The van der Waals surface area contributed by atoms with E-state index < -0.39 is 0 Å². The van der Waals surface area contributed by atoms with Crippen molar-refractivity contribution in [2.24, 2.45) is 0 Å². The van der Waals surface area contributed by atoms with Gasteiger partial charge in [-0.3, -0.25) is 9.59 Å². The fourth-order valence-electron chi connectivity index (χ4n) is 6.08. The predicted octanol–water partition coefficient (Wildman–Crippen LogP) is 9.71. The standard InChI is InChI=1S/C41H45N3O2/c1-32(2)40-39(41(46)42-36-25-15-8-16-26-36)37(35-23-13-7-14-24-35)31-43(40)28-18-4-3-17-27-38(45)44(29-33-19-9-5-10-20-33)30-34-21-11-6-12-22-34/h5-16,19-26,31-32H,3-4,17-18,27-30H2,1-2H3,(H,42,46). The lowest BCUT2D eigenvalue weighted by atomic mass is 9.98. The summed E-state index contributed by atoms with van der Waals surface area (Å²) in [5.74, 6) is 0.287. The Morgan fingerprint density at radius 2 is 1.20 bits per heavy atom. The Morgan fingerprint density at radius 1 is 0.674 bits per heavy atom. The molecule has 0 spiro atoms. The first kappa shape index (κ1) is 32.5. The summed E-state index contributed by atoms with van der Waals surface area (Å²) >= 11 is 0. The zero-order valence-electron chi connectivity index (χ0n) is 27.1. The molecule has 4 aromatic carbocycles. The number of aryl methyl sites for hydroxylation is 1. The lowest BCUT2D eigenvalue weighted by Crippen LogP contribution is -2.29. The summed E-state index contributed by atoms with van der Waals surface area (Å²) in [5.41, 5.74) is 6.87. The van der Waals surface area contributed by atoms with Gasteiger partial charge in [-0.15, -0.1) is 0 Å². The van der Waals surface area contributed by atoms with Crippen molar-refractivity contribution in [3.8, 4) is 11.1 Å². The van der Waals surface area contributed by atoms with Gasteiger partial charge < -0.3 is 14.8 Å². The van der Waals surface area contributed by atoms with Crippen LogP contribution >= 0.6 is 0 Å². The molecular formula is C41H45N3O2. The third-order valence-electron chi connectivity index (χ3n) is 8.34. The van der Waals surface area contributed by atoms with Gasteiger partial charge in [0.15, 0.2) is 0 Å². The number of hydrogen-bond acceptors (Lipinski definition) is 2. The molecule has 46 heavy (non-hydrogen) atoms. The SMILES string of the molecule is CC(C)c1c(C(=O)Nc2ccccc2)c(-c2ccccc2)cn1CCCCCCC(=O)N(Cc1ccccc1)Cc1ccccc1. The monoisotopic (exact) mass is 611 g/mol. The average molecular weight is 612 g/mol. The van der Waals surface area contributed by atoms with Gasteiger partial charge in [-0.1, -0.05) is 136 Å². The number of para-hydroxylation sites is 1. The molecule has 0 aliphatic heterocycles. The minimum atomic E-state index is -0.0819. The van der Waals surface area contributed by atoms with Gasteiger partial charge in [0.05, 0.1) is 5.56 Å². The van der Waals surface area contributed by atoms with Crippen LogP contribution in [-0.2, 0) is 24.4 Å². The van der Waals surface area contributed by atoms with Crippen molar-refractivity contribution in [1.29, 1.82) is 0 Å². The lowest BCUT2D eigenvalue weighted by Gasteiger charge is -2.23. The minimum absolute atomic E-state index is 0.0819. The van der Waals surface area contributed by atoms with Crippen LogP contribution in [0, 0.1) is 0 Å². The van der Waals surface area contributed by atoms with E-state index in [0.29, 0.717) is 19.5 Å². The highest BCUT2D eigenvalue weighted by Gasteiger charge is 2.25. The first-order chi connectivity index (χ1) is 22.5. The normalized spacial score (nSPS) is 11.0. The van der Waals surface area contributed by atoms with Crippen LogP contribution in [0.5, 0.6) is 0 Å². The van der Waals surface area contributed by atoms with Gasteiger partial charge in [-0.05, 0) is 47.6 Å². The Bertz CT molecular complexity index is 1620. The molecule has 0 radical (unpaired) electrons. The molecule has 0 fully saturated rings. The Morgan fingerprint density at radius 3 is 1.76 bits per heavy atom. The molecule has 0 atom stereocenters. The molecule has 1 aromatic heterocycles. The molecule has 0 saturated heterocycles. The van der Waals surface area contributed by atoms with Crippen LogP contribution in [0.25, 0.3) is 11.1 Å². The van der Waals surface area contributed by atoms with Crippen molar-refractivity contribution in [2.45, 2.75) is 71.5 Å². The first-order valence-electron chi connectivity index (χ1n) is 16.5. The molecule has 1 heterocycles. The fraction of sp³-hybridized carbons (Fsp3) is 0.268. The van der Waals surface area contributed by atoms with E-state index in [9.17, 15) is 9.59 Å². The summed E-state index contributed by atoms with van der Waals surface area (Å²) < 4.78 is 2.28. The summed E-state index contributed by atoms with van der Waals surface area (Å²) in [6.07, 6.45) is 6.55. The highest BCUT2D eigenvalue weighted by Crippen LogP contribution is 2.33. The van der Waals surface area contributed by atoms with Crippen molar-refractivity contribution in [1.82, 2.24) is 9.47 Å². The largest absolute Gasteiger partial charge is 0.350 e. The number of aromatic nitrogens is 1. The van der Waals surface area contributed by atoms with Gasteiger partial charge in [0.1, 0.15) is 0 Å². The summed E-state index contributed by atoms with van der Waals surface area (Å²) in [7, 11) is 0. The number of rotatable bonds is 15. The third kappa shape index (κ3) is 8.85. The number of carbonyl (C=O) groups excluding carboxylic acids is 2. The Hall–Kier alpha value is -4.90. The molecule has 236 valence electrons. The van der Waals surface area contributed by atoms with Gasteiger partial charge in [0, 0.05) is 49.2 Å². The van der Waals surface area contributed by atoms with E-state index >= 15 is 0 Å². The van der Waals surface area contributed by atoms with Gasteiger partial charge in [0.2, 0.25) is 5.91 Å². The molecule has 5 heteroatoms. The van der Waals surface area contributed by atoms with Crippen LogP contribution in [0.3, 0.4) is 0 Å². The van der Waals surface area contributed by atoms with Crippen LogP contribution in [0.1, 0.15) is 79.0 Å². The van der Waals surface area contributed by atoms with Crippen molar-refractivity contribution in [3.63, 3.8) is 0 Å². The first-order valence-corrected chi connectivity index (χ1v) is 16.5. The van der Waals surface area contributed by atoms with Crippen molar-refractivity contribution in [2.75, 3.05) is 5.32 Å². The third-order valence-corrected chi connectivity index (χ3v) is 8.34. The van der Waals surface area contributed by atoms with Gasteiger partial charge >= 0.3 is 0 Å². The zero-order chi connectivity index (χ0) is 32.1. The Kier molecular flexibility index (Phi) is 11.6. The summed E-state index contributed by atoms with van der Waals surface area (Å²) in [6, 6.07) is 40.3. The molecule has 2 amide bonds. The molecule has 5 aromatic rings. The van der Waals surface area contributed by atoms with Crippen LogP contribution in [0.15, 0.2) is 128 Å². The number of hydrogen-bond donors (Lipinski definition) is 1. The van der Waals surface area contributed by atoms with Gasteiger partial charge in [0.25, 0.3) is 5.91 Å². The number of unbranched alkanes of at least 4 members (excludes halogenated alkanes) is 3. The van der Waals surface area contributed by atoms with Crippen molar-refractivity contribution < 1.29 is 9.59 Å². The number of nitrogens with zero attached hydrogens (tertiary/aromatic N) is 2.